The zero-order chi connectivity index (χ0) is 14.0. The summed E-state index contributed by atoms with van der Waals surface area (Å²) in [5.74, 6) is 0.653. The number of hydrogen-bond acceptors (Lipinski definition) is 4. The van der Waals surface area contributed by atoms with Crippen molar-refractivity contribution in [1.29, 1.82) is 5.26 Å². The van der Waals surface area contributed by atoms with Gasteiger partial charge in [-0.25, -0.2) is 4.68 Å². The first-order valence-electron chi connectivity index (χ1n) is 5.70. The Kier molecular flexibility index (Phi) is 3.34. The molecule has 5 nitrogen and oxygen atoms in total. The Labute approximate surface area is 110 Å². The van der Waals surface area contributed by atoms with E-state index >= 15 is 0 Å². The predicted octanol–water partition coefficient (Wildman–Crippen LogP) is 1.64. The van der Waals surface area contributed by atoms with Crippen molar-refractivity contribution in [2.45, 2.75) is 6.92 Å². The molecular formula is C14H13N3O2. The van der Waals surface area contributed by atoms with E-state index in [1.54, 1.807) is 7.11 Å². The van der Waals surface area contributed by atoms with Crippen molar-refractivity contribution in [2.75, 3.05) is 7.11 Å². The Morgan fingerprint density at radius 1 is 1.37 bits per heavy atom. The zero-order valence-electron chi connectivity index (χ0n) is 11.0. The van der Waals surface area contributed by atoms with Gasteiger partial charge in [-0.2, -0.15) is 10.4 Å². The number of ether oxygens (including phenoxy) is 1. The molecule has 0 spiro atoms. The fraction of sp³-hybridized carbons (Fsp3) is 0.214. The van der Waals surface area contributed by atoms with Crippen molar-refractivity contribution in [2.24, 2.45) is 7.05 Å². The Balaban J connectivity index is 2.73. The fourth-order valence-corrected chi connectivity index (χ4v) is 1.84. The van der Waals surface area contributed by atoms with Crippen LogP contribution in [0, 0.1) is 18.3 Å². The van der Waals surface area contributed by atoms with E-state index in [0.717, 1.165) is 15.8 Å². The van der Waals surface area contributed by atoms with Crippen molar-refractivity contribution in [3.8, 4) is 23.1 Å². The summed E-state index contributed by atoms with van der Waals surface area (Å²) < 4.78 is 6.45. The van der Waals surface area contributed by atoms with Crippen molar-refractivity contribution < 1.29 is 4.74 Å². The summed E-state index contributed by atoms with van der Waals surface area (Å²) in [6, 6.07) is 9.04. The molecule has 1 aromatic carbocycles. The molecular weight excluding hydrogens is 242 g/mol. The van der Waals surface area contributed by atoms with E-state index in [1.807, 2.05) is 31.2 Å². The van der Waals surface area contributed by atoms with E-state index in [1.165, 1.54) is 13.1 Å². The van der Waals surface area contributed by atoms with Gasteiger partial charge in [-0.1, -0.05) is 11.6 Å². The number of nitriles is 1. The molecule has 0 amide bonds. The van der Waals surface area contributed by atoms with Crippen LogP contribution in [0.2, 0.25) is 0 Å². The minimum absolute atomic E-state index is 0.0658. The third-order valence-corrected chi connectivity index (χ3v) is 2.81. The second-order valence-electron chi connectivity index (χ2n) is 4.19. The molecule has 2 aromatic rings. The molecule has 0 radical (unpaired) electrons. The Morgan fingerprint density at radius 3 is 2.74 bits per heavy atom. The summed E-state index contributed by atoms with van der Waals surface area (Å²) in [6.45, 7) is 1.95. The topological polar surface area (TPSA) is 67.9 Å². The number of benzene rings is 1. The van der Waals surface area contributed by atoms with Crippen LogP contribution in [0.5, 0.6) is 5.75 Å². The van der Waals surface area contributed by atoms with Gasteiger partial charge >= 0.3 is 0 Å². The highest BCUT2D eigenvalue weighted by molar-refractivity contribution is 5.68. The molecule has 0 aliphatic heterocycles. The predicted molar refractivity (Wildman–Crippen MR) is 70.9 cm³/mol. The van der Waals surface area contributed by atoms with Gasteiger partial charge in [-0.3, -0.25) is 4.79 Å². The molecule has 19 heavy (non-hydrogen) atoms. The third-order valence-electron chi connectivity index (χ3n) is 2.81. The molecule has 1 heterocycles. The van der Waals surface area contributed by atoms with Crippen LogP contribution in [0.4, 0.5) is 0 Å². The number of hydrogen-bond donors (Lipinski definition) is 0. The maximum atomic E-state index is 11.7. The third kappa shape index (κ3) is 2.33. The number of nitrogens with zero attached hydrogens (tertiary/aromatic N) is 3. The highest BCUT2D eigenvalue weighted by Crippen LogP contribution is 2.29. The minimum Gasteiger partial charge on any atom is -0.496 e. The number of aromatic nitrogens is 2. The first-order valence-corrected chi connectivity index (χ1v) is 5.70. The monoisotopic (exact) mass is 255 g/mol. The molecule has 0 aliphatic carbocycles. The largest absolute Gasteiger partial charge is 0.496 e. The Morgan fingerprint density at radius 2 is 2.11 bits per heavy atom. The van der Waals surface area contributed by atoms with Gasteiger partial charge in [0.15, 0.2) is 0 Å². The van der Waals surface area contributed by atoms with Crippen LogP contribution >= 0.6 is 0 Å². The smallest absolute Gasteiger partial charge is 0.284 e. The lowest BCUT2D eigenvalue weighted by Crippen LogP contribution is -2.22. The summed E-state index contributed by atoms with van der Waals surface area (Å²) in [4.78, 5) is 11.7. The van der Waals surface area contributed by atoms with Gasteiger partial charge < -0.3 is 4.74 Å². The highest BCUT2D eigenvalue weighted by atomic mass is 16.5. The molecule has 0 unspecified atom stereocenters. The van der Waals surface area contributed by atoms with Crippen LogP contribution in [0.3, 0.4) is 0 Å². The molecule has 0 fully saturated rings. The summed E-state index contributed by atoms with van der Waals surface area (Å²) in [5.41, 5.74) is 2.01. The molecule has 5 heteroatoms. The van der Waals surface area contributed by atoms with Crippen LogP contribution in [-0.2, 0) is 7.05 Å². The highest BCUT2D eigenvalue weighted by Gasteiger charge is 2.12. The Hall–Kier alpha value is -2.61. The van der Waals surface area contributed by atoms with Crippen molar-refractivity contribution in [3.63, 3.8) is 0 Å². The average molecular weight is 255 g/mol. The van der Waals surface area contributed by atoms with E-state index in [4.69, 9.17) is 10.00 Å². The van der Waals surface area contributed by atoms with Gasteiger partial charge in [0.2, 0.25) is 0 Å². The zero-order valence-corrected chi connectivity index (χ0v) is 11.0. The maximum absolute atomic E-state index is 11.7. The molecule has 0 saturated carbocycles. The lowest BCUT2D eigenvalue weighted by molar-refractivity contribution is 0.416. The average Bonchev–Trinajstić information content (AvgIpc) is 2.41. The van der Waals surface area contributed by atoms with E-state index in [0.29, 0.717) is 11.4 Å². The van der Waals surface area contributed by atoms with Crippen LogP contribution in [-0.4, -0.2) is 16.9 Å². The van der Waals surface area contributed by atoms with Crippen molar-refractivity contribution >= 4 is 0 Å². The summed E-state index contributed by atoms with van der Waals surface area (Å²) in [6.07, 6.45) is 0. The lowest BCUT2D eigenvalue weighted by atomic mass is 10.1. The molecule has 0 bridgehead atoms. The molecule has 96 valence electrons. The second kappa shape index (κ2) is 4.94. The summed E-state index contributed by atoms with van der Waals surface area (Å²) in [5, 5.41) is 13.1. The van der Waals surface area contributed by atoms with Gasteiger partial charge in [0, 0.05) is 12.6 Å². The van der Waals surface area contributed by atoms with E-state index in [9.17, 15) is 4.79 Å². The van der Waals surface area contributed by atoms with Crippen LogP contribution in [0.15, 0.2) is 29.1 Å². The minimum atomic E-state index is -0.405. The number of aryl methyl sites for hydroxylation is 2. The van der Waals surface area contributed by atoms with E-state index < -0.39 is 5.56 Å². The molecule has 2 rings (SSSR count). The van der Waals surface area contributed by atoms with Gasteiger partial charge in [-0.05, 0) is 25.1 Å². The summed E-state index contributed by atoms with van der Waals surface area (Å²) in [7, 11) is 3.09. The van der Waals surface area contributed by atoms with Gasteiger partial charge in [0.25, 0.3) is 5.56 Å². The standard InChI is InChI=1S/C14H13N3O2/c1-9-4-5-13(19-3)11(6-9)12-7-10(8-15)14(18)17(2)16-12/h4-7H,1-3H3. The number of rotatable bonds is 2. The molecule has 0 aliphatic rings. The quantitative estimate of drug-likeness (QED) is 0.818. The summed E-state index contributed by atoms with van der Waals surface area (Å²) >= 11 is 0. The maximum Gasteiger partial charge on any atom is 0.284 e. The molecule has 0 N–H and O–H groups in total. The van der Waals surface area contributed by atoms with Crippen LogP contribution < -0.4 is 10.3 Å². The van der Waals surface area contributed by atoms with E-state index in [-0.39, 0.29) is 5.56 Å². The number of methoxy groups -OCH3 is 1. The normalized spacial score (nSPS) is 10.0. The molecule has 0 saturated heterocycles. The van der Waals surface area contributed by atoms with E-state index in [2.05, 4.69) is 5.10 Å². The first kappa shape index (κ1) is 12.8. The second-order valence-corrected chi connectivity index (χ2v) is 4.19. The van der Waals surface area contributed by atoms with Crippen LogP contribution in [0.25, 0.3) is 11.3 Å². The van der Waals surface area contributed by atoms with Crippen molar-refractivity contribution in [1.82, 2.24) is 9.78 Å². The van der Waals surface area contributed by atoms with Crippen LogP contribution in [0.1, 0.15) is 11.1 Å². The van der Waals surface area contributed by atoms with Crippen molar-refractivity contribution in [3.05, 3.63) is 45.7 Å². The Bertz CT molecular complexity index is 726. The van der Waals surface area contributed by atoms with Gasteiger partial charge in [-0.15, -0.1) is 0 Å². The molecule has 1 aromatic heterocycles. The SMILES string of the molecule is COc1ccc(C)cc1-c1cc(C#N)c(=O)n(C)n1. The first-order chi connectivity index (χ1) is 9.06. The van der Waals surface area contributed by atoms with Gasteiger partial charge in [0.1, 0.15) is 17.4 Å². The lowest BCUT2D eigenvalue weighted by Gasteiger charge is -2.10. The fourth-order valence-electron chi connectivity index (χ4n) is 1.84. The molecule has 0 atom stereocenters. The van der Waals surface area contributed by atoms with Gasteiger partial charge in [0.05, 0.1) is 12.8 Å².